The highest BCUT2D eigenvalue weighted by atomic mass is 79.9. The zero-order valence-electron chi connectivity index (χ0n) is 15.9. The fourth-order valence-electron chi connectivity index (χ4n) is 3.19. The number of benzene rings is 3. The van der Waals surface area contributed by atoms with E-state index in [2.05, 4.69) is 31.9 Å². The molecule has 0 amide bonds. The van der Waals surface area contributed by atoms with Gasteiger partial charge in [0.15, 0.2) is 12.4 Å². The van der Waals surface area contributed by atoms with Crippen molar-refractivity contribution in [2.24, 2.45) is 0 Å². The summed E-state index contributed by atoms with van der Waals surface area (Å²) in [7, 11) is 0. The third kappa shape index (κ3) is 4.25. The van der Waals surface area contributed by atoms with Gasteiger partial charge in [0.2, 0.25) is 5.43 Å². The van der Waals surface area contributed by atoms with Gasteiger partial charge in [0, 0.05) is 20.6 Å². The van der Waals surface area contributed by atoms with Crippen LogP contribution in [0.1, 0.15) is 16.1 Å². The molecule has 0 bridgehead atoms. The first-order valence-electron chi connectivity index (χ1n) is 9.17. The molecule has 0 saturated heterocycles. The Morgan fingerprint density at radius 3 is 2.23 bits per heavy atom. The summed E-state index contributed by atoms with van der Waals surface area (Å²) >= 11 is 6.75. The van der Waals surface area contributed by atoms with E-state index in [1.807, 2.05) is 36.4 Å². The van der Waals surface area contributed by atoms with Crippen LogP contribution in [0, 0.1) is 6.92 Å². The standard InChI is InChI=1S/C24H16Br2O4/c1-14-23(16-4-8-18(26)9-5-16)24(28)20-11-10-19(12-22(20)30-14)29-13-21(27)15-2-6-17(25)7-3-15/h2-12H,13H2,1H3. The minimum atomic E-state index is -0.134. The first-order valence-corrected chi connectivity index (χ1v) is 10.8. The van der Waals surface area contributed by atoms with Crippen LogP contribution >= 0.6 is 31.9 Å². The SMILES string of the molecule is Cc1oc2cc(OCC(=O)c3ccc(Br)cc3)ccc2c(=O)c1-c1ccc(Br)cc1. The van der Waals surface area contributed by atoms with Crippen LogP contribution in [0.15, 0.2) is 84.9 Å². The fourth-order valence-corrected chi connectivity index (χ4v) is 3.72. The number of aryl methyl sites for hydroxylation is 1. The number of carbonyl (C=O) groups excluding carboxylic acids is 1. The lowest BCUT2D eigenvalue weighted by Gasteiger charge is -2.09. The molecule has 0 N–H and O–H groups in total. The van der Waals surface area contributed by atoms with Crippen LogP contribution in [-0.4, -0.2) is 12.4 Å². The normalized spacial score (nSPS) is 10.9. The van der Waals surface area contributed by atoms with E-state index < -0.39 is 0 Å². The highest BCUT2D eigenvalue weighted by Gasteiger charge is 2.15. The van der Waals surface area contributed by atoms with Gasteiger partial charge in [-0.1, -0.05) is 56.1 Å². The lowest BCUT2D eigenvalue weighted by Crippen LogP contribution is -2.12. The van der Waals surface area contributed by atoms with Crippen LogP contribution in [0.4, 0.5) is 0 Å². The molecular weight excluding hydrogens is 512 g/mol. The Morgan fingerprint density at radius 1 is 0.933 bits per heavy atom. The van der Waals surface area contributed by atoms with Gasteiger partial charge in [0.05, 0.1) is 10.9 Å². The second-order valence-electron chi connectivity index (χ2n) is 6.75. The molecule has 4 nitrogen and oxygen atoms in total. The number of hydrogen-bond acceptors (Lipinski definition) is 4. The summed E-state index contributed by atoms with van der Waals surface area (Å²) in [6.45, 7) is 1.66. The summed E-state index contributed by atoms with van der Waals surface area (Å²) in [5, 5.41) is 0.463. The molecule has 3 aromatic carbocycles. The Labute approximate surface area is 189 Å². The minimum absolute atomic E-state index is 0.103. The van der Waals surface area contributed by atoms with Gasteiger partial charge in [-0.05, 0) is 48.9 Å². The van der Waals surface area contributed by atoms with E-state index in [-0.39, 0.29) is 17.8 Å². The van der Waals surface area contributed by atoms with Gasteiger partial charge < -0.3 is 9.15 Å². The van der Waals surface area contributed by atoms with Crippen molar-refractivity contribution in [2.45, 2.75) is 6.92 Å². The average molecular weight is 528 g/mol. The summed E-state index contributed by atoms with van der Waals surface area (Å²) < 4.78 is 13.4. The van der Waals surface area contributed by atoms with Crippen molar-refractivity contribution < 1.29 is 13.9 Å². The molecule has 0 spiro atoms. The monoisotopic (exact) mass is 526 g/mol. The molecule has 0 aliphatic carbocycles. The Bertz CT molecular complexity index is 1290. The van der Waals surface area contributed by atoms with Crippen LogP contribution < -0.4 is 10.2 Å². The zero-order chi connectivity index (χ0) is 21.3. The van der Waals surface area contributed by atoms with Crippen molar-refractivity contribution in [3.63, 3.8) is 0 Å². The van der Waals surface area contributed by atoms with Crippen LogP contribution in [0.25, 0.3) is 22.1 Å². The molecule has 6 heteroatoms. The van der Waals surface area contributed by atoms with Crippen LogP contribution in [-0.2, 0) is 0 Å². The maximum Gasteiger partial charge on any atom is 0.200 e. The van der Waals surface area contributed by atoms with Gasteiger partial charge in [0.25, 0.3) is 0 Å². The first kappa shape index (κ1) is 20.6. The van der Waals surface area contributed by atoms with Gasteiger partial charge in [-0.2, -0.15) is 0 Å². The van der Waals surface area contributed by atoms with E-state index in [0.29, 0.717) is 33.6 Å². The highest BCUT2D eigenvalue weighted by Crippen LogP contribution is 2.27. The third-order valence-corrected chi connectivity index (χ3v) is 5.77. The number of halogens is 2. The Kier molecular flexibility index (Phi) is 5.88. The number of rotatable bonds is 5. The summed E-state index contributed by atoms with van der Waals surface area (Å²) in [6, 6.07) is 19.6. The number of ether oxygens (including phenoxy) is 1. The van der Waals surface area contributed by atoms with E-state index in [1.54, 1.807) is 37.3 Å². The van der Waals surface area contributed by atoms with Crippen molar-refractivity contribution in [1.29, 1.82) is 0 Å². The van der Waals surface area contributed by atoms with Crippen molar-refractivity contribution in [2.75, 3.05) is 6.61 Å². The van der Waals surface area contributed by atoms with E-state index in [1.165, 1.54) is 0 Å². The van der Waals surface area contributed by atoms with Gasteiger partial charge in [0.1, 0.15) is 17.1 Å². The zero-order valence-corrected chi connectivity index (χ0v) is 19.1. The van der Waals surface area contributed by atoms with E-state index in [4.69, 9.17) is 9.15 Å². The molecule has 0 radical (unpaired) electrons. The molecular formula is C24H16Br2O4. The molecule has 0 aliphatic heterocycles. The second kappa shape index (κ2) is 8.58. The maximum absolute atomic E-state index is 13.1. The maximum atomic E-state index is 13.1. The van der Waals surface area contributed by atoms with Crippen LogP contribution in [0.2, 0.25) is 0 Å². The van der Waals surface area contributed by atoms with E-state index >= 15 is 0 Å². The largest absolute Gasteiger partial charge is 0.485 e. The van der Waals surface area contributed by atoms with Crippen molar-refractivity contribution in [3.8, 4) is 16.9 Å². The predicted octanol–water partition coefficient (Wildman–Crippen LogP) is 6.56. The molecule has 30 heavy (non-hydrogen) atoms. The van der Waals surface area contributed by atoms with Crippen LogP contribution in [0.5, 0.6) is 5.75 Å². The average Bonchev–Trinajstić information content (AvgIpc) is 2.73. The van der Waals surface area contributed by atoms with Gasteiger partial charge >= 0.3 is 0 Å². The van der Waals surface area contributed by atoms with Crippen LogP contribution in [0.3, 0.4) is 0 Å². The smallest absolute Gasteiger partial charge is 0.200 e. The molecule has 0 unspecified atom stereocenters. The topological polar surface area (TPSA) is 56.5 Å². The number of hydrogen-bond donors (Lipinski definition) is 0. The molecule has 0 atom stereocenters. The summed E-state index contributed by atoms with van der Waals surface area (Å²) in [5.74, 6) is 0.857. The number of fused-ring (bicyclic) bond motifs is 1. The molecule has 1 aromatic heterocycles. The third-order valence-electron chi connectivity index (χ3n) is 4.71. The van der Waals surface area contributed by atoms with Gasteiger partial charge in [-0.3, -0.25) is 9.59 Å². The molecule has 4 aromatic rings. The summed E-state index contributed by atoms with van der Waals surface area (Å²) in [4.78, 5) is 25.4. The van der Waals surface area contributed by atoms with E-state index in [0.717, 1.165) is 14.5 Å². The summed E-state index contributed by atoms with van der Waals surface area (Å²) in [6.07, 6.45) is 0. The van der Waals surface area contributed by atoms with Crippen molar-refractivity contribution in [1.82, 2.24) is 0 Å². The highest BCUT2D eigenvalue weighted by molar-refractivity contribution is 9.10. The number of carbonyl (C=O) groups is 1. The van der Waals surface area contributed by atoms with E-state index in [9.17, 15) is 9.59 Å². The molecule has 150 valence electrons. The number of Topliss-reactive ketones (excluding diaryl/α,β-unsaturated/α-hetero) is 1. The predicted molar refractivity (Wildman–Crippen MR) is 124 cm³/mol. The lowest BCUT2D eigenvalue weighted by atomic mass is 10.0. The molecule has 0 fully saturated rings. The van der Waals surface area contributed by atoms with Gasteiger partial charge in [-0.25, -0.2) is 0 Å². The first-order chi connectivity index (χ1) is 14.4. The number of ketones is 1. The molecule has 0 aliphatic rings. The summed E-state index contributed by atoms with van der Waals surface area (Å²) in [5.41, 5.74) is 2.22. The van der Waals surface area contributed by atoms with Gasteiger partial charge in [-0.15, -0.1) is 0 Å². The van der Waals surface area contributed by atoms with Crippen molar-refractivity contribution in [3.05, 3.63) is 97.2 Å². The Hall–Kier alpha value is -2.70. The van der Waals surface area contributed by atoms with Crippen molar-refractivity contribution >= 4 is 48.6 Å². The lowest BCUT2D eigenvalue weighted by molar-refractivity contribution is 0.0921. The fraction of sp³-hybridized carbons (Fsp3) is 0.0833. The minimum Gasteiger partial charge on any atom is -0.485 e. The Balaban J connectivity index is 1.61. The second-order valence-corrected chi connectivity index (χ2v) is 8.58. The molecule has 1 heterocycles. The molecule has 4 rings (SSSR count). The quantitative estimate of drug-likeness (QED) is 0.276. The Morgan fingerprint density at radius 2 is 1.57 bits per heavy atom. The molecule has 0 saturated carbocycles.